The molecule has 0 heterocycles. The maximum atomic E-state index is 12.2. The van der Waals surface area contributed by atoms with Gasteiger partial charge in [0, 0.05) is 5.41 Å². The maximum Gasteiger partial charge on any atom is 0.326 e. The topological polar surface area (TPSA) is 66.4 Å². The summed E-state index contributed by atoms with van der Waals surface area (Å²) in [7, 11) is 0. The fraction of sp³-hybridized carbons (Fsp3) is 0.846. The van der Waals surface area contributed by atoms with Gasteiger partial charge in [-0.25, -0.2) is 4.79 Å². The van der Waals surface area contributed by atoms with Gasteiger partial charge in [0.2, 0.25) is 5.91 Å². The van der Waals surface area contributed by atoms with Gasteiger partial charge in [-0.2, -0.15) is 0 Å². The van der Waals surface area contributed by atoms with Crippen molar-refractivity contribution in [2.24, 2.45) is 11.3 Å². The largest absolute Gasteiger partial charge is 0.480 e. The first-order valence-electron chi connectivity index (χ1n) is 6.47. The van der Waals surface area contributed by atoms with E-state index in [1.807, 2.05) is 20.8 Å². The number of hydrogen-bond donors (Lipinski definition) is 2. The molecule has 1 aliphatic carbocycles. The first-order valence-corrected chi connectivity index (χ1v) is 6.47. The molecule has 2 N–H and O–H groups in total. The van der Waals surface area contributed by atoms with Crippen LogP contribution in [0, 0.1) is 11.3 Å². The predicted molar refractivity (Wildman–Crippen MR) is 65.6 cm³/mol. The summed E-state index contributed by atoms with van der Waals surface area (Å²) in [5, 5.41) is 11.8. The van der Waals surface area contributed by atoms with Gasteiger partial charge in [-0.3, -0.25) is 4.79 Å². The van der Waals surface area contributed by atoms with Crippen molar-refractivity contribution in [1.29, 1.82) is 0 Å². The molecule has 0 bridgehead atoms. The summed E-state index contributed by atoms with van der Waals surface area (Å²) < 4.78 is 0. The molecule has 0 aromatic rings. The molecule has 1 fully saturated rings. The second-order valence-electron chi connectivity index (χ2n) is 5.37. The van der Waals surface area contributed by atoms with Gasteiger partial charge in [0.15, 0.2) is 0 Å². The number of carbonyl (C=O) groups excluding carboxylic acids is 1. The van der Waals surface area contributed by atoms with E-state index in [-0.39, 0.29) is 17.2 Å². The second-order valence-corrected chi connectivity index (χ2v) is 5.37. The van der Waals surface area contributed by atoms with Gasteiger partial charge in [0.25, 0.3) is 0 Å². The van der Waals surface area contributed by atoms with E-state index in [2.05, 4.69) is 5.32 Å². The maximum absolute atomic E-state index is 12.2. The lowest BCUT2D eigenvalue weighted by molar-refractivity contribution is -0.145. The zero-order valence-corrected chi connectivity index (χ0v) is 11.0. The van der Waals surface area contributed by atoms with Gasteiger partial charge in [0.05, 0.1) is 0 Å². The molecule has 4 nitrogen and oxygen atoms in total. The van der Waals surface area contributed by atoms with Crippen molar-refractivity contribution in [1.82, 2.24) is 5.32 Å². The fourth-order valence-electron chi connectivity index (χ4n) is 2.60. The van der Waals surface area contributed by atoms with Gasteiger partial charge < -0.3 is 10.4 Å². The van der Waals surface area contributed by atoms with Crippen molar-refractivity contribution in [2.45, 2.75) is 58.9 Å². The highest BCUT2D eigenvalue weighted by atomic mass is 16.4. The molecule has 0 unspecified atom stereocenters. The minimum Gasteiger partial charge on any atom is -0.480 e. The SMILES string of the molecule is CCC1(C(=O)N[C@@H](C(=O)O)C(C)C)CCCC1. The number of hydrogen-bond acceptors (Lipinski definition) is 2. The Hall–Kier alpha value is -1.06. The van der Waals surface area contributed by atoms with E-state index in [1.54, 1.807) is 0 Å². The minimum absolute atomic E-state index is 0.0707. The van der Waals surface area contributed by atoms with Crippen molar-refractivity contribution < 1.29 is 14.7 Å². The van der Waals surface area contributed by atoms with E-state index in [9.17, 15) is 9.59 Å². The number of carbonyl (C=O) groups is 2. The van der Waals surface area contributed by atoms with Crippen LogP contribution in [0.15, 0.2) is 0 Å². The Bertz CT molecular complexity index is 293. The van der Waals surface area contributed by atoms with Crippen LogP contribution in [-0.4, -0.2) is 23.0 Å². The second kappa shape index (κ2) is 5.52. The van der Waals surface area contributed by atoms with Gasteiger partial charge >= 0.3 is 5.97 Å². The molecule has 17 heavy (non-hydrogen) atoms. The van der Waals surface area contributed by atoms with Gasteiger partial charge in [-0.15, -0.1) is 0 Å². The van der Waals surface area contributed by atoms with Crippen molar-refractivity contribution >= 4 is 11.9 Å². The van der Waals surface area contributed by atoms with Crippen LogP contribution in [0.4, 0.5) is 0 Å². The van der Waals surface area contributed by atoms with E-state index in [0.717, 1.165) is 32.1 Å². The Labute approximate surface area is 103 Å². The molecule has 1 amide bonds. The van der Waals surface area contributed by atoms with Gasteiger partial charge in [-0.1, -0.05) is 33.6 Å². The third-order valence-corrected chi connectivity index (χ3v) is 3.94. The highest BCUT2D eigenvalue weighted by Crippen LogP contribution is 2.41. The Balaban J connectivity index is 2.72. The van der Waals surface area contributed by atoms with E-state index >= 15 is 0 Å². The summed E-state index contributed by atoms with van der Waals surface area (Å²) in [4.78, 5) is 23.3. The molecule has 0 spiro atoms. The molecule has 1 atom stereocenters. The van der Waals surface area contributed by atoms with Crippen LogP contribution in [0.3, 0.4) is 0 Å². The third kappa shape index (κ3) is 2.99. The minimum atomic E-state index is -0.947. The smallest absolute Gasteiger partial charge is 0.326 e. The zero-order chi connectivity index (χ0) is 13.1. The van der Waals surface area contributed by atoms with Gasteiger partial charge in [0.1, 0.15) is 6.04 Å². The Morgan fingerprint density at radius 2 is 1.82 bits per heavy atom. The summed E-state index contributed by atoms with van der Waals surface area (Å²) in [5.41, 5.74) is -0.317. The molecule has 0 saturated heterocycles. The number of aliphatic carboxylic acids is 1. The average Bonchev–Trinajstić information content (AvgIpc) is 2.74. The molecular formula is C13H23NO3. The molecule has 0 aromatic heterocycles. The average molecular weight is 241 g/mol. The van der Waals surface area contributed by atoms with E-state index < -0.39 is 12.0 Å². The van der Waals surface area contributed by atoms with Crippen molar-refractivity contribution in [3.63, 3.8) is 0 Å². The van der Waals surface area contributed by atoms with Crippen LogP contribution in [0.5, 0.6) is 0 Å². The summed E-state index contributed by atoms with van der Waals surface area (Å²) in [6.07, 6.45) is 4.71. The molecule has 4 heteroatoms. The number of carboxylic acid groups (broad SMARTS) is 1. The lowest BCUT2D eigenvalue weighted by atomic mass is 9.82. The summed E-state index contributed by atoms with van der Waals surface area (Å²) in [6, 6.07) is -0.772. The first-order chi connectivity index (χ1) is 7.93. The van der Waals surface area contributed by atoms with Crippen LogP contribution in [0.1, 0.15) is 52.9 Å². The zero-order valence-electron chi connectivity index (χ0n) is 11.0. The Kier molecular flexibility index (Phi) is 4.54. The molecule has 0 aliphatic heterocycles. The molecule has 98 valence electrons. The lowest BCUT2D eigenvalue weighted by Gasteiger charge is -2.29. The number of amides is 1. The van der Waals surface area contributed by atoms with Crippen molar-refractivity contribution in [3.8, 4) is 0 Å². The summed E-state index contributed by atoms with van der Waals surface area (Å²) >= 11 is 0. The number of rotatable bonds is 5. The van der Waals surface area contributed by atoms with Crippen molar-refractivity contribution in [3.05, 3.63) is 0 Å². The third-order valence-electron chi connectivity index (χ3n) is 3.94. The highest BCUT2D eigenvalue weighted by molar-refractivity contribution is 5.87. The Morgan fingerprint density at radius 1 is 1.29 bits per heavy atom. The molecule has 0 aromatic carbocycles. The number of carboxylic acids is 1. The monoisotopic (exact) mass is 241 g/mol. The van der Waals surface area contributed by atoms with Crippen LogP contribution in [0.25, 0.3) is 0 Å². The standard InChI is InChI=1S/C13H23NO3/c1-4-13(7-5-6-8-13)12(17)14-10(9(2)3)11(15)16/h9-10H,4-8H2,1-3H3,(H,14,17)(H,15,16)/t10-/m1/s1. The fourth-order valence-corrected chi connectivity index (χ4v) is 2.60. The molecule has 1 rings (SSSR count). The highest BCUT2D eigenvalue weighted by Gasteiger charge is 2.41. The summed E-state index contributed by atoms with van der Waals surface area (Å²) in [6.45, 7) is 5.63. The van der Waals surface area contributed by atoms with Crippen LogP contribution < -0.4 is 5.32 Å². The van der Waals surface area contributed by atoms with E-state index in [1.165, 1.54) is 0 Å². The summed E-state index contributed by atoms with van der Waals surface area (Å²) in [5.74, 6) is -1.11. The van der Waals surface area contributed by atoms with Crippen LogP contribution in [0.2, 0.25) is 0 Å². The molecule has 0 radical (unpaired) electrons. The molecule has 1 aliphatic rings. The normalized spacial score (nSPS) is 20.2. The van der Waals surface area contributed by atoms with Crippen LogP contribution >= 0.6 is 0 Å². The number of nitrogens with one attached hydrogen (secondary N) is 1. The van der Waals surface area contributed by atoms with E-state index in [0.29, 0.717) is 0 Å². The van der Waals surface area contributed by atoms with Crippen molar-refractivity contribution in [2.75, 3.05) is 0 Å². The lowest BCUT2D eigenvalue weighted by Crippen LogP contribution is -2.49. The predicted octanol–water partition coefficient (Wildman–Crippen LogP) is 2.18. The first kappa shape index (κ1) is 14.0. The molecule has 1 saturated carbocycles. The quantitative estimate of drug-likeness (QED) is 0.775. The van der Waals surface area contributed by atoms with E-state index in [4.69, 9.17) is 5.11 Å². The van der Waals surface area contributed by atoms with Crippen LogP contribution in [-0.2, 0) is 9.59 Å². The Morgan fingerprint density at radius 3 is 2.18 bits per heavy atom. The van der Waals surface area contributed by atoms with Gasteiger partial charge in [-0.05, 0) is 25.2 Å². The molecular weight excluding hydrogens is 218 g/mol.